The van der Waals surface area contributed by atoms with E-state index >= 15 is 0 Å². The van der Waals surface area contributed by atoms with Crippen molar-refractivity contribution in [2.24, 2.45) is 5.92 Å². The molecule has 3 rings (SSSR count). The Labute approximate surface area is 148 Å². The molecule has 0 spiro atoms. The SMILES string of the molecule is CC(C)C[C@H](C(=O)NCc1ccccc1)N1Cc2ccccc2C1=O. The highest BCUT2D eigenvalue weighted by Gasteiger charge is 2.36. The van der Waals surface area contributed by atoms with Crippen LogP contribution in [-0.2, 0) is 17.9 Å². The van der Waals surface area contributed by atoms with Gasteiger partial charge in [0.25, 0.3) is 5.91 Å². The first-order valence-corrected chi connectivity index (χ1v) is 8.76. The minimum Gasteiger partial charge on any atom is -0.350 e. The van der Waals surface area contributed by atoms with Gasteiger partial charge in [0.2, 0.25) is 5.91 Å². The monoisotopic (exact) mass is 336 g/mol. The fourth-order valence-corrected chi connectivity index (χ4v) is 3.25. The first kappa shape index (κ1) is 17.2. The van der Waals surface area contributed by atoms with Crippen LogP contribution in [0.1, 0.15) is 41.8 Å². The normalized spacial score (nSPS) is 14.5. The van der Waals surface area contributed by atoms with Gasteiger partial charge in [-0.1, -0.05) is 62.4 Å². The van der Waals surface area contributed by atoms with Crippen molar-refractivity contribution in [1.82, 2.24) is 10.2 Å². The fourth-order valence-electron chi connectivity index (χ4n) is 3.25. The number of rotatable bonds is 6. The fraction of sp³-hybridized carbons (Fsp3) is 0.333. The molecule has 0 aliphatic carbocycles. The maximum Gasteiger partial charge on any atom is 0.255 e. The highest BCUT2D eigenvalue weighted by atomic mass is 16.2. The van der Waals surface area contributed by atoms with Gasteiger partial charge in [-0.3, -0.25) is 9.59 Å². The molecule has 0 bridgehead atoms. The average Bonchev–Trinajstić information content (AvgIpc) is 2.95. The number of benzene rings is 2. The average molecular weight is 336 g/mol. The predicted molar refractivity (Wildman–Crippen MR) is 97.8 cm³/mol. The molecule has 0 aromatic heterocycles. The highest BCUT2D eigenvalue weighted by molar-refractivity contribution is 6.01. The zero-order valence-corrected chi connectivity index (χ0v) is 14.7. The molecule has 2 aromatic carbocycles. The van der Waals surface area contributed by atoms with Crippen LogP contribution >= 0.6 is 0 Å². The molecular formula is C21H24N2O2. The molecule has 130 valence electrons. The van der Waals surface area contributed by atoms with Crippen LogP contribution in [0.3, 0.4) is 0 Å². The molecule has 0 fully saturated rings. The minimum absolute atomic E-state index is 0.0453. The van der Waals surface area contributed by atoms with Crippen LogP contribution in [0.15, 0.2) is 54.6 Å². The van der Waals surface area contributed by atoms with Crippen LogP contribution in [0.5, 0.6) is 0 Å². The molecule has 1 heterocycles. The Hall–Kier alpha value is -2.62. The summed E-state index contributed by atoms with van der Waals surface area (Å²) in [4.78, 5) is 27.3. The highest BCUT2D eigenvalue weighted by Crippen LogP contribution is 2.26. The second kappa shape index (κ2) is 7.51. The lowest BCUT2D eigenvalue weighted by Gasteiger charge is -2.28. The minimum atomic E-state index is -0.441. The Balaban J connectivity index is 1.74. The van der Waals surface area contributed by atoms with Crippen molar-refractivity contribution in [2.45, 2.75) is 39.4 Å². The lowest BCUT2D eigenvalue weighted by molar-refractivity contribution is -0.126. The maximum atomic E-state index is 12.8. The van der Waals surface area contributed by atoms with E-state index in [0.29, 0.717) is 31.0 Å². The molecule has 2 amide bonds. The Morgan fingerprint density at radius 3 is 2.44 bits per heavy atom. The van der Waals surface area contributed by atoms with E-state index in [1.807, 2.05) is 54.6 Å². The Kier molecular flexibility index (Phi) is 5.17. The van der Waals surface area contributed by atoms with Crippen molar-refractivity contribution in [1.29, 1.82) is 0 Å². The quantitative estimate of drug-likeness (QED) is 0.879. The van der Waals surface area contributed by atoms with Crippen LogP contribution < -0.4 is 5.32 Å². The first-order chi connectivity index (χ1) is 12.1. The van der Waals surface area contributed by atoms with Gasteiger partial charge in [-0.15, -0.1) is 0 Å². The van der Waals surface area contributed by atoms with E-state index < -0.39 is 6.04 Å². The van der Waals surface area contributed by atoms with Crippen molar-refractivity contribution < 1.29 is 9.59 Å². The van der Waals surface area contributed by atoms with Gasteiger partial charge in [-0.05, 0) is 29.5 Å². The summed E-state index contributed by atoms with van der Waals surface area (Å²) in [6.07, 6.45) is 0.653. The van der Waals surface area contributed by atoms with Gasteiger partial charge < -0.3 is 10.2 Å². The molecule has 0 saturated heterocycles. The third-order valence-electron chi connectivity index (χ3n) is 4.53. The Morgan fingerprint density at radius 2 is 1.76 bits per heavy atom. The number of nitrogens with one attached hydrogen (secondary N) is 1. The topological polar surface area (TPSA) is 49.4 Å². The van der Waals surface area contributed by atoms with E-state index in [9.17, 15) is 9.59 Å². The number of hydrogen-bond acceptors (Lipinski definition) is 2. The van der Waals surface area contributed by atoms with Gasteiger partial charge in [0, 0.05) is 18.7 Å². The summed E-state index contributed by atoms with van der Waals surface area (Å²) in [7, 11) is 0. The number of fused-ring (bicyclic) bond motifs is 1. The molecule has 2 aromatic rings. The van der Waals surface area contributed by atoms with Gasteiger partial charge in [-0.2, -0.15) is 0 Å². The van der Waals surface area contributed by atoms with Gasteiger partial charge in [-0.25, -0.2) is 0 Å². The van der Waals surface area contributed by atoms with Crippen molar-refractivity contribution in [2.75, 3.05) is 0 Å². The van der Waals surface area contributed by atoms with Crippen molar-refractivity contribution in [3.63, 3.8) is 0 Å². The van der Waals surface area contributed by atoms with Gasteiger partial charge >= 0.3 is 0 Å². The van der Waals surface area contributed by atoms with E-state index in [-0.39, 0.29) is 11.8 Å². The third kappa shape index (κ3) is 3.90. The first-order valence-electron chi connectivity index (χ1n) is 8.76. The molecule has 1 aliphatic rings. The van der Waals surface area contributed by atoms with Crippen LogP contribution in [0.4, 0.5) is 0 Å². The van der Waals surface area contributed by atoms with Gasteiger partial charge in [0.1, 0.15) is 6.04 Å². The third-order valence-corrected chi connectivity index (χ3v) is 4.53. The summed E-state index contributed by atoms with van der Waals surface area (Å²) in [5.41, 5.74) is 2.76. The molecule has 1 aliphatic heterocycles. The van der Waals surface area contributed by atoms with E-state index in [2.05, 4.69) is 19.2 Å². The zero-order valence-electron chi connectivity index (χ0n) is 14.7. The molecule has 1 atom stereocenters. The smallest absolute Gasteiger partial charge is 0.255 e. The summed E-state index contributed by atoms with van der Waals surface area (Å²) in [6, 6.07) is 17.0. The molecule has 1 N–H and O–H groups in total. The zero-order chi connectivity index (χ0) is 17.8. The lowest BCUT2D eigenvalue weighted by Crippen LogP contribution is -2.47. The van der Waals surface area contributed by atoms with Gasteiger partial charge in [0.05, 0.1) is 0 Å². The van der Waals surface area contributed by atoms with Crippen LogP contribution in [0.25, 0.3) is 0 Å². The standard InChI is InChI=1S/C21H24N2O2/c1-15(2)12-19(20(24)22-13-16-8-4-3-5-9-16)23-14-17-10-6-7-11-18(17)21(23)25/h3-11,15,19H,12-14H2,1-2H3,(H,22,24)/t19-/m1/s1. The molecular weight excluding hydrogens is 312 g/mol. The van der Waals surface area contributed by atoms with Crippen LogP contribution in [0, 0.1) is 5.92 Å². The largest absolute Gasteiger partial charge is 0.350 e. The van der Waals surface area contributed by atoms with Gasteiger partial charge in [0.15, 0.2) is 0 Å². The number of amides is 2. The summed E-state index contributed by atoms with van der Waals surface area (Å²) < 4.78 is 0. The molecule has 4 heteroatoms. The summed E-state index contributed by atoms with van der Waals surface area (Å²) in [5.74, 6) is 0.193. The molecule has 0 radical (unpaired) electrons. The van der Waals surface area contributed by atoms with E-state index in [4.69, 9.17) is 0 Å². The van der Waals surface area contributed by atoms with E-state index in [1.54, 1.807) is 4.90 Å². The molecule has 0 unspecified atom stereocenters. The number of nitrogens with zero attached hydrogens (tertiary/aromatic N) is 1. The second-order valence-electron chi connectivity index (χ2n) is 6.94. The predicted octanol–water partition coefficient (Wildman–Crippen LogP) is 3.37. The van der Waals surface area contributed by atoms with Crippen molar-refractivity contribution in [3.8, 4) is 0 Å². The maximum absolute atomic E-state index is 12.8. The number of hydrogen-bond donors (Lipinski definition) is 1. The van der Waals surface area contributed by atoms with Crippen molar-refractivity contribution >= 4 is 11.8 Å². The molecule has 0 saturated carbocycles. The van der Waals surface area contributed by atoms with E-state index in [1.165, 1.54) is 0 Å². The summed E-state index contributed by atoms with van der Waals surface area (Å²) >= 11 is 0. The molecule has 4 nitrogen and oxygen atoms in total. The molecule has 25 heavy (non-hydrogen) atoms. The van der Waals surface area contributed by atoms with Crippen LogP contribution in [-0.4, -0.2) is 22.8 Å². The summed E-state index contributed by atoms with van der Waals surface area (Å²) in [5, 5.41) is 3.00. The second-order valence-corrected chi connectivity index (χ2v) is 6.94. The summed E-state index contributed by atoms with van der Waals surface area (Å²) in [6.45, 7) is 5.13. The van der Waals surface area contributed by atoms with Crippen molar-refractivity contribution in [3.05, 3.63) is 71.3 Å². The number of carbonyl (C=O) groups is 2. The Bertz CT molecular complexity index is 756. The number of carbonyl (C=O) groups excluding carboxylic acids is 2. The Morgan fingerprint density at radius 1 is 1.08 bits per heavy atom. The lowest BCUT2D eigenvalue weighted by atomic mass is 10.0. The van der Waals surface area contributed by atoms with E-state index in [0.717, 1.165) is 11.1 Å². The van der Waals surface area contributed by atoms with Crippen LogP contribution in [0.2, 0.25) is 0 Å².